The van der Waals surface area contributed by atoms with Crippen LogP contribution in [-0.2, 0) is 0 Å². The van der Waals surface area contributed by atoms with Crippen molar-refractivity contribution in [3.05, 3.63) is 34.9 Å². The molecule has 20 heavy (non-hydrogen) atoms. The van der Waals surface area contributed by atoms with Gasteiger partial charge in [-0.25, -0.2) is 0 Å². The molecule has 0 amide bonds. The number of nitrogens with zero attached hydrogens (tertiary/aromatic N) is 2. The van der Waals surface area contributed by atoms with E-state index in [9.17, 15) is 0 Å². The number of hydrogen-bond donors (Lipinski definition) is 0. The van der Waals surface area contributed by atoms with Gasteiger partial charge in [-0.2, -0.15) is 0 Å². The SMILES string of the molecule is COc1cc(C2=C(C)SC3=NCCN32)cc2occc12. The van der Waals surface area contributed by atoms with Crippen LogP contribution in [0.3, 0.4) is 0 Å². The molecule has 4 nitrogen and oxygen atoms in total. The lowest BCUT2D eigenvalue weighted by Gasteiger charge is -2.17. The van der Waals surface area contributed by atoms with E-state index < -0.39 is 0 Å². The van der Waals surface area contributed by atoms with Crippen LogP contribution in [0.15, 0.2) is 38.8 Å². The summed E-state index contributed by atoms with van der Waals surface area (Å²) >= 11 is 1.74. The lowest BCUT2D eigenvalue weighted by atomic mass is 10.1. The van der Waals surface area contributed by atoms with Crippen LogP contribution in [0.2, 0.25) is 0 Å². The highest BCUT2D eigenvalue weighted by molar-refractivity contribution is 8.17. The number of methoxy groups -OCH3 is 1. The number of allylic oxidation sites excluding steroid dienone is 1. The Balaban J connectivity index is 1.90. The summed E-state index contributed by atoms with van der Waals surface area (Å²) in [5.74, 6) is 0.848. The molecular formula is C15H14N2O2S. The van der Waals surface area contributed by atoms with Gasteiger partial charge in [-0.1, -0.05) is 11.8 Å². The van der Waals surface area contributed by atoms with Gasteiger partial charge >= 0.3 is 0 Å². The van der Waals surface area contributed by atoms with Crippen molar-refractivity contribution in [1.82, 2.24) is 4.90 Å². The van der Waals surface area contributed by atoms with Crippen molar-refractivity contribution in [2.45, 2.75) is 6.92 Å². The molecule has 4 rings (SSSR count). The fourth-order valence-corrected chi connectivity index (χ4v) is 3.85. The largest absolute Gasteiger partial charge is 0.496 e. The highest BCUT2D eigenvalue weighted by atomic mass is 32.2. The first-order valence-corrected chi connectivity index (χ1v) is 7.36. The van der Waals surface area contributed by atoms with Crippen molar-refractivity contribution in [2.75, 3.05) is 20.2 Å². The number of amidine groups is 1. The molecule has 102 valence electrons. The summed E-state index contributed by atoms with van der Waals surface area (Å²) in [6.07, 6.45) is 1.70. The Kier molecular flexibility index (Phi) is 2.57. The molecule has 0 fully saturated rings. The maximum absolute atomic E-state index is 5.55. The first kappa shape index (κ1) is 11.9. The van der Waals surface area contributed by atoms with Crippen molar-refractivity contribution in [2.24, 2.45) is 4.99 Å². The van der Waals surface area contributed by atoms with E-state index in [2.05, 4.69) is 28.9 Å². The molecule has 0 saturated heterocycles. The van der Waals surface area contributed by atoms with E-state index in [4.69, 9.17) is 9.15 Å². The van der Waals surface area contributed by atoms with Crippen LogP contribution >= 0.6 is 11.8 Å². The Morgan fingerprint density at radius 1 is 1.40 bits per heavy atom. The van der Waals surface area contributed by atoms with Gasteiger partial charge in [-0.05, 0) is 25.1 Å². The number of benzene rings is 1. The van der Waals surface area contributed by atoms with Gasteiger partial charge in [0.05, 0.1) is 31.0 Å². The first-order valence-electron chi connectivity index (χ1n) is 6.54. The Hall–Kier alpha value is -1.88. The minimum absolute atomic E-state index is 0.848. The highest BCUT2D eigenvalue weighted by Crippen LogP contribution is 2.43. The number of furan rings is 1. The van der Waals surface area contributed by atoms with Crippen LogP contribution < -0.4 is 4.74 Å². The maximum Gasteiger partial charge on any atom is 0.168 e. The highest BCUT2D eigenvalue weighted by Gasteiger charge is 2.31. The fraction of sp³-hybridized carbons (Fsp3) is 0.267. The van der Waals surface area contributed by atoms with Crippen LogP contribution in [0.4, 0.5) is 0 Å². The third kappa shape index (κ3) is 1.59. The molecule has 1 aromatic carbocycles. The van der Waals surface area contributed by atoms with Gasteiger partial charge in [0.25, 0.3) is 0 Å². The molecule has 0 atom stereocenters. The van der Waals surface area contributed by atoms with Gasteiger partial charge in [-0.3, -0.25) is 4.99 Å². The van der Waals surface area contributed by atoms with E-state index in [0.29, 0.717) is 0 Å². The number of fused-ring (bicyclic) bond motifs is 2. The monoisotopic (exact) mass is 286 g/mol. The van der Waals surface area contributed by atoms with Crippen LogP contribution in [-0.4, -0.2) is 30.3 Å². The van der Waals surface area contributed by atoms with Crippen molar-refractivity contribution in [1.29, 1.82) is 0 Å². The summed E-state index contributed by atoms with van der Waals surface area (Å²) in [5, 5.41) is 2.12. The van der Waals surface area contributed by atoms with E-state index in [1.807, 2.05) is 6.07 Å². The van der Waals surface area contributed by atoms with E-state index >= 15 is 0 Å². The second-order valence-corrected chi connectivity index (χ2v) is 6.02. The standard InChI is InChI=1S/C15H14N2O2S/c1-9-14(17-5-4-16-15(17)20-9)10-7-12(18-2)11-3-6-19-13(11)8-10/h3,6-8H,4-5H2,1-2H3. The summed E-state index contributed by atoms with van der Waals surface area (Å²) in [5.41, 5.74) is 3.21. The molecule has 0 spiro atoms. The zero-order chi connectivity index (χ0) is 13.7. The molecule has 0 N–H and O–H groups in total. The summed E-state index contributed by atoms with van der Waals surface area (Å²) in [6, 6.07) is 6.10. The van der Waals surface area contributed by atoms with Gasteiger partial charge in [0.15, 0.2) is 5.17 Å². The maximum atomic E-state index is 5.55. The summed E-state index contributed by atoms with van der Waals surface area (Å²) < 4.78 is 11.0. The van der Waals surface area contributed by atoms with Crippen molar-refractivity contribution < 1.29 is 9.15 Å². The van der Waals surface area contributed by atoms with Gasteiger partial charge in [0, 0.05) is 17.0 Å². The second-order valence-electron chi connectivity index (χ2n) is 4.83. The summed E-state index contributed by atoms with van der Waals surface area (Å²) in [7, 11) is 1.69. The van der Waals surface area contributed by atoms with Gasteiger partial charge < -0.3 is 14.1 Å². The molecule has 3 heterocycles. The average molecular weight is 286 g/mol. The molecule has 2 aromatic rings. The molecule has 2 aliphatic rings. The molecule has 1 aromatic heterocycles. The zero-order valence-electron chi connectivity index (χ0n) is 11.3. The number of rotatable bonds is 2. The molecule has 0 aliphatic carbocycles. The van der Waals surface area contributed by atoms with Crippen molar-refractivity contribution in [3.63, 3.8) is 0 Å². The Morgan fingerprint density at radius 3 is 3.15 bits per heavy atom. The van der Waals surface area contributed by atoms with Gasteiger partial charge in [0.2, 0.25) is 0 Å². The fourth-order valence-electron chi connectivity index (χ4n) is 2.80. The average Bonchev–Trinajstić information content (AvgIpc) is 3.11. The Bertz CT molecular complexity index is 760. The third-order valence-electron chi connectivity index (χ3n) is 3.68. The Morgan fingerprint density at radius 2 is 2.30 bits per heavy atom. The van der Waals surface area contributed by atoms with Crippen LogP contribution in [0, 0.1) is 0 Å². The smallest absolute Gasteiger partial charge is 0.168 e. The lowest BCUT2D eigenvalue weighted by Crippen LogP contribution is -2.20. The van der Waals surface area contributed by atoms with E-state index in [1.54, 1.807) is 25.1 Å². The number of ether oxygens (including phenoxy) is 1. The van der Waals surface area contributed by atoms with E-state index in [0.717, 1.165) is 40.5 Å². The van der Waals surface area contributed by atoms with Crippen molar-refractivity contribution in [3.8, 4) is 5.75 Å². The van der Waals surface area contributed by atoms with Crippen LogP contribution in [0.1, 0.15) is 12.5 Å². The van der Waals surface area contributed by atoms with Crippen LogP contribution in [0.25, 0.3) is 16.7 Å². The number of aliphatic imine (C=N–C) groups is 1. The van der Waals surface area contributed by atoms with E-state index in [-0.39, 0.29) is 0 Å². The molecule has 0 saturated carbocycles. The lowest BCUT2D eigenvalue weighted by molar-refractivity contribution is 0.419. The topological polar surface area (TPSA) is 38.0 Å². The van der Waals surface area contributed by atoms with Gasteiger partial charge in [0.1, 0.15) is 11.3 Å². The minimum Gasteiger partial charge on any atom is -0.496 e. The summed E-state index contributed by atoms with van der Waals surface area (Å²) in [4.78, 5) is 8.08. The van der Waals surface area contributed by atoms with Gasteiger partial charge in [-0.15, -0.1) is 0 Å². The van der Waals surface area contributed by atoms with Crippen molar-refractivity contribution >= 4 is 33.6 Å². The first-order chi connectivity index (χ1) is 9.78. The molecule has 2 aliphatic heterocycles. The minimum atomic E-state index is 0.848. The zero-order valence-corrected chi connectivity index (χ0v) is 12.2. The predicted octanol–water partition coefficient (Wildman–Crippen LogP) is 3.55. The summed E-state index contributed by atoms with van der Waals surface area (Å²) in [6.45, 7) is 3.96. The number of hydrogen-bond acceptors (Lipinski definition) is 5. The third-order valence-corrected chi connectivity index (χ3v) is 4.71. The predicted molar refractivity (Wildman–Crippen MR) is 82.0 cm³/mol. The molecule has 0 unspecified atom stereocenters. The van der Waals surface area contributed by atoms with Crippen LogP contribution in [0.5, 0.6) is 5.75 Å². The normalized spacial score (nSPS) is 17.9. The molecule has 0 bridgehead atoms. The Labute approximate surface area is 121 Å². The molecule has 0 radical (unpaired) electrons. The second kappa shape index (κ2) is 4.31. The quantitative estimate of drug-likeness (QED) is 0.846. The van der Waals surface area contributed by atoms with E-state index in [1.165, 1.54) is 10.6 Å². The molecular weight excluding hydrogens is 272 g/mol. The number of thioether (sulfide) groups is 1. The molecule has 5 heteroatoms.